The van der Waals surface area contributed by atoms with E-state index in [-0.39, 0.29) is 0 Å². The van der Waals surface area contributed by atoms with Crippen LogP contribution in [0.1, 0.15) is 87.5 Å². The van der Waals surface area contributed by atoms with Crippen LogP contribution in [0.15, 0.2) is 12.3 Å². The van der Waals surface area contributed by atoms with Crippen molar-refractivity contribution in [1.29, 1.82) is 0 Å². The summed E-state index contributed by atoms with van der Waals surface area (Å²) in [5, 5.41) is 0. The molecule has 0 aromatic rings. The maximum absolute atomic E-state index is 4.31. The lowest BCUT2D eigenvalue weighted by Gasteiger charge is -2.45. The van der Waals surface area contributed by atoms with Crippen molar-refractivity contribution >= 4 is 0 Å². The fraction of sp³-hybridized carbons (Fsp3) is 0.900. The molecule has 0 aliphatic heterocycles. The lowest BCUT2D eigenvalue weighted by Crippen LogP contribution is -2.46. The minimum atomic E-state index is 0.640. The van der Waals surface area contributed by atoms with Gasteiger partial charge in [-0.3, -0.25) is 0 Å². The highest BCUT2D eigenvalue weighted by atomic mass is 15.2. The molecule has 0 aromatic carbocycles. The lowest BCUT2D eigenvalue weighted by atomic mass is 9.77. The van der Waals surface area contributed by atoms with E-state index in [9.17, 15) is 0 Å². The van der Waals surface area contributed by atoms with Crippen LogP contribution in [0.4, 0.5) is 0 Å². The van der Waals surface area contributed by atoms with E-state index in [4.69, 9.17) is 0 Å². The largest absolute Gasteiger partial charge is 0.369 e. The predicted molar refractivity (Wildman–Crippen MR) is 97.5 cm³/mol. The number of hydrogen-bond donors (Lipinski definition) is 0. The van der Waals surface area contributed by atoms with E-state index < -0.39 is 0 Å². The van der Waals surface area contributed by atoms with Crippen LogP contribution in [0.5, 0.6) is 0 Å². The summed E-state index contributed by atoms with van der Waals surface area (Å²) >= 11 is 0. The Morgan fingerprint density at radius 1 is 0.905 bits per heavy atom. The Morgan fingerprint density at radius 2 is 1.43 bits per heavy atom. The van der Waals surface area contributed by atoms with Crippen molar-refractivity contribution in [1.82, 2.24) is 4.90 Å². The summed E-state index contributed by atoms with van der Waals surface area (Å²) in [4.78, 5) is 2.66. The van der Waals surface area contributed by atoms with Crippen LogP contribution in [0.2, 0.25) is 0 Å². The highest BCUT2D eigenvalue weighted by Crippen LogP contribution is 2.33. The molecule has 0 fully saturated rings. The van der Waals surface area contributed by atoms with E-state index in [2.05, 4.69) is 66.9 Å². The first-order valence-corrected chi connectivity index (χ1v) is 9.29. The Hall–Kier alpha value is -0.460. The third kappa shape index (κ3) is 5.68. The monoisotopic (exact) mass is 295 g/mol. The van der Waals surface area contributed by atoms with E-state index in [1.165, 1.54) is 37.8 Å². The summed E-state index contributed by atoms with van der Waals surface area (Å²) < 4.78 is 0. The average molecular weight is 296 g/mol. The minimum Gasteiger partial charge on any atom is -0.369 e. The van der Waals surface area contributed by atoms with Crippen LogP contribution in [-0.4, -0.2) is 17.0 Å². The number of rotatable bonds is 11. The average Bonchev–Trinajstić information content (AvgIpc) is 2.48. The molecule has 4 atom stereocenters. The molecular formula is C20H41N. The highest BCUT2D eigenvalue weighted by molar-refractivity contribution is 4.98. The Bertz CT molecular complexity index is 280. The zero-order valence-corrected chi connectivity index (χ0v) is 16.1. The van der Waals surface area contributed by atoms with Gasteiger partial charge in [-0.25, -0.2) is 0 Å². The molecule has 0 N–H and O–H groups in total. The van der Waals surface area contributed by atoms with Gasteiger partial charge in [0.1, 0.15) is 0 Å². The van der Waals surface area contributed by atoms with Crippen LogP contribution in [0.3, 0.4) is 0 Å². The van der Waals surface area contributed by atoms with Crippen molar-refractivity contribution in [2.75, 3.05) is 0 Å². The van der Waals surface area contributed by atoms with Gasteiger partial charge < -0.3 is 4.90 Å². The standard InChI is InChI=1S/C20H41N/c1-10-14-20(18(9)17(8)16(7)11-2)21(15(5)6)19(12-3)13-4/h16-20H,5,10-14H2,1-4,6-9H3. The molecule has 0 amide bonds. The normalized spacial score (nSPS) is 17.4. The second-order valence-corrected chi connectivity index (χ2v) is 7.07. The summed E-state index contributed by atoms with van der Waals surface area (Å²) in [5.74, 6) is 2.29. The third-order valence-electron chi connectivity index (χ3n) is 5.70. The zero-order chi connectivity index (χ0) is 16.6. The summed E-state index contributed by atoms with van der Waals surface area (Å²) in [6, 6.07) is 1.28. The molecule has 0 saturated heterocycles. The van der Waals surface area contributed by atoms with Crippen molar-refractivity contribution in [2.45, 2.75) is 99.6 Å². The number of allylic oxidation sites excluding steroid dienone is 1. The Labute approximate surface area is 135 Å². The van der Waals surface area contributed by atoms with Crippen molar-refractivity contribution in [3.63, 3.8) is 0 Å². The van der Waals surface area contributed by atoms with Crippen molar-refractivity contribution in [3.8, 4) is 0 Å². The van der Waals surface area contributed by atoms with Gasteiger partial charge in [0.05, 0.1) is 0 Å². The van der Waals surface area contributed by atoms with Crippen LogP contribution in [-0.2, 0) is 0 Å². The molecule has 0 heterocycles. The molecule has 0 aliphatic carbocycles. The van der Waals surface area contributed by atoms with E-state index in [1.54, 1.807) is 0 Å². The molecule has 1 heteroatoms. The van der Waals surface area contributed by atoms with Crippen LogP contribution < -0.4 is 0 Å². The fourth-order valence-electron chi connectivity index (χ4n) is 3.74. The summed E-state index contributed by atoms with van der Waals surface area (Å²) in [6.45, 7) is 23.1. The van der Waals surface area contributed by atoms with Crippen molar-refractivity contribution in [2.24, 2.45) is 17.8 Å². The topological polar surface area (TPSA) is 3.24 Å². The van der Waals surface area contributed by atoms with Gasteiger partial charge in [-0.15, -0.1) is 0 Å². The fourth-order valence-corrected chi connectivity index (χ4v) is 3.74. The molecule has 0 spiro atoms. The number of hydrogen-bond acceptors (Lipinski definition) is 1. The second kappa shape index (κ2) is 10.3. The number of nitrogens with zero attached hydrogens (tertiary/aromatic N) is 1. The molecule has 0 aliphatic rings. The minimum absolute atomic E-state index is 0.640. The summed E-state index contributed by atoms with van der Waals surface area (Å²) in [5.41, 5.74) is 1.25. The molecule has 0 radical (unpaired) electrons. The molecule has 0 rings (SSSR count). The van der Waals surface area contributed by atoms with Crippen LogP contribution in [0, 0.1) is 17.8 Å². The smallest absolute Gasteiger partial charge is 0.0317 e. The summed E-state index contributed by atoms with van der Waals surface area (Å²) in [6.07, 6.45) is 6.25. The first kappa shape index (κ1) is 20.5. The molecule has 0 aromatic heterocycles. The second-order valence-electron chi connectivity index (χ2n) is 7.07. The molecule has 126 valence electrons. The molecule has 4 unspecified atom stereocenters. The van der Waals surface area contributed by atoms with E-state index in [0.717, 1.165) is 17.8 Å². The maximum Gasteiger partial charge on any atom is 0.0317 e. The molecular weight excluding hydrogens is 254 g/mol. The van der Waals surface area contributed by atoms with Gasteiger partial charge in [0.15, 0.2) is 0 Å². The van der Waals surface area contributed by atoms with Gasteiger partial charge in [0, 0.05) is 17.8 Å². The molecule has 0 saturated carbocycles. The Kier molecular flexibility index (Phi) is 10.1. The van der Waals surface area contributed by atoms with Gasteiger partial charge in [-0.2, -0.15) is 0 Å². The maximum atomic E-state index is 4.31. The van der Waals surface area contributed by atoms with Crippen LogP contribution in [0.25, 0.3) is 0 Å². The highest BCUT2D eigenvalue weighted by Gasteiger charge is 2.32. The van der Waals surface area contributed by atoms with Gasteiger partial charge in [-0.1, -0.05) is 67.9 Å². The lowest BCUT2D eigenvalue weighted by molar-refractivity contribution is 0.0839. The first-order chi connectivity index (χ1) is 9.85. The molecule has 21 heavy (non-hydrogen) atoms. The van der Waals surface area contributed by atoms with Crippen LogP contribution >= 0.6 is 0 Å². The molecule has 0 bridgehead atoms. The predicted octanol–water partition coefficient (Wildman–Crippen LogP) is 6.50. The van der Waals surface area contributed by atoms with Crippen molar-refractivity contribution < 1.29 is 0 Å². The van der Waals surface area contributed by atoms with Gasteiger partial charge >= 0.3 is 0 Å². The third-order valence-corrected chi connectivity index (χ3v) is 5.70. The summed E-state index contributed by atoms with van der Waals surface area (Å²) in [7, 11) is 0. The first-order valence-electron chi connectivity index (χ1n) is 9.29. The van der Waals surface area contributed by atoms with E-state index in [0.29, 0.717) is 12.1 Å². The van der Waals surface area contributed by atoms with Crippen molar-refractivity contribution in [3.05, 3.63) is 12.3 Å². The Balaban J connectivity index is 5.34. The van der Waals surface area contributed by atoms with Gasteiger partial charge in [0.25, 0.3) is 0 Å². The Morgan fingerprint density at radius 3 is 1.76 bits per heavy atom. The zero-order valence-electron chi connectivity index (χ0n) is 16.1. The van der Waals surface area contributed by atoms with E-state index in [1.807, 2.05) is 0 Å². The van der Waals surface area contributed by atoms with Gasteiger partial charge in [0.2, 0.25) is 0 Å². The SMILES string of the molecule is C=C(C)N(C(CC)CC)C(CCC)C(C)C(C)C(C)CC. The van der Waals surface area contributed by atoms with Gasteiger partial charge in [-0.05, 0) is 43.9 Å². The quantitative estimate of drug-likeness (QED) is 0.420. The van der Waals surface area contributed by atoms with E-state index >= 15 is 0 Å². The molecule has 1 nitrogen and oxygen atoms in total.